The van der Waals surface area contributed by atoms with Gasteiger partial charge in [0.25, 0.3) is 20.2 Å². The Morgan fingerprint density at radius 3 is 2.00 bits per heavy atom. The van der Waals surface area contributed by atoms with E-state index >= 15 is 0 Å². The minimum absolute atomic E-state index is 0.0359. The van der Waals surface area contributed by atoms with Crippen LogP contribution in [-0.4, -0.2) is 66.6 Å². The summed E-state index contributed by atoms with van der Waals surface area (Å²) in [6.45, 7) is 0. The molecule has 2 N–H and O–H groups in total. The van der Waals surface area contributed by atoms with E-state index in [4.69, 9.17) is 18.6 Å². The molecule has 19 heavy (non-hydrogen) atoms. The van der Waals surface area contributed by atoms with Crippen LogP contribution < -0.4 is 0 Å². The number of hydrogen-bond acceptors (Lipinski definition) is 6. The molecule has 1 atom stereocenters. The molecule has 0 aromatic heterocycles. The lowest BCUT2D eigenvalue weighted by Crippen LogP contribution is -2.29. The fourth-order valence-corrected chi connectivity index (χ4v) is 5.25. The van der Waals surface area contributed by atoms with Gasteiger partial charge in [-0.15, -0.1) is 0 Å². The molecule has 11 heteroatoms. The van der Waals surface area contributed by atoms with Crippen molar-refractivity contribution in [3.63, 3.8) is 0 Å². The Kier molecular flexibility index (Phi) is 8.27. The largest absolute Gasteiger partial charge is 0.360 e. The molecular weight excluding hydrogens is 316 g/mol. The predicted molar refractivity (Wildman–Crippen MR) is 72.1 cm³/mol. The van der Waals surface area contributed by atoms with Gasteiger partial charge in [0, 0.05) is 14.2 Å². The Labute approximate surface area is 115 Å². The molecule has 0 saturated carbocycles. The second kappa shape index (κ2) is 8.29. The first kappa shape index (κ1) is 19.0. The first-order valence-electron chi connectivity index (χ1n) is 5.57. The molecule has 0 aromatic carbocycles. The molecule has 0 aliphatic carbocycles. The fraction of sp³-hybridized carbons (Fsp3) is 1.00. The summed E-state index contributed by atoms with van der Waals surface area (Å²) in [7, 11) is -6.68. The smallest absolute Gasteiger partial charge is 0.268 e. The van der Waals surface area contributed by atoms with Crippen LogP contribution in [0.4, 0.5) is 0 Å². The van der Waals surface area contributed by atoms with Gasteiger partial charge < -0.3 is 9.47 Å². The van der Waals surface area contributed by atoms with E-state index in [0.717, 1.165) is 0 Å². The standard InChI is InChI=1S/C8H20O8S2Si/c1-15-8(16-2)19-5-3-4-7(18(12,13)14)6-17(9,10)11/h7-8H,3-6,19H2,1-2H3,(H,9,10,11)(H,12,13,14). The van der Waals surface area contributed by atoms with Gasteiger partial charge in [0.15, 0.2) is 0 Å². The monoisotopic (exact) mass is 336 g/mol. The highest BCUT2D eigenvalue weighted by molar-refractivity contribution is 7.90. The topological polar surface area (TPSA) is 127 Å². The minimum Gasteiger partial charge on any atom is -0.360 e. The van der Waals surface area contributed by atoms with E-state index in [0.29, 0.717) is 12.5 Å². The molecule has 0 rings (SSSR count). The van der Waals surface area contributed by atoms with Crippen LogP contribution in [0.3, 0.4) is 0 Å². The third-order valence-corrected chi connectivity index (χ3v) is 6.89. The summed E-state index contributed by atoms with van der Waals surface area (Å²) in [5, 5.41) is -1.50. The molecule has 116 valence electrons. The van der Waals surface area contributed by atoms with Crippen molar-refractivity contribution in [3.8, 4) is 0 Å². The summed E-state index contributed by atoms with van der Waals surface area (Å²) >= 11 is 0. The average Bonchev–Trinajstić information content (AvgIpc) is 2.25. The van der Waals surface area contributed by atoms with Gasteiger partial charge in [-0.3, -0.25) is 9.11 Å². The Balaban J connectivity index is 4.30. The van der Waals surface area contributed by atoms with E-state index in [1.807, 2.05) is 0 Å². The van der Waals surface area contributed by atoms with Crippen LogP contribution in [0.25, 0.3) is 0 Å². The zero-order valence-electron chi connectivity index (χ0n) is 10.9. The van der Waals surface area contributed by atoms with Crippen molar-refractivity contribution in [1.82, 2.24) is 0 Å². The van der Waals surface area contributed by atoms with Crippen LogP contribution in [0, 0.1) is 0 Å². The third kappa shape index (κ3) is 9.48. The molecule has 0 amide bonds. The van der Waals surface area contributed by atoms with Crippen molar-refractivity contribution in [3.05, 3.63) is 0 Å². The molecule has 8 nitrogen and oxygen atoms in total. The lowest BCUT2D eigenvalue weighted by Gasteiger charge is -2.14. The van der Waals surface area contributed by atoms with Crippen LogP contribution in [-0.2, 0) is 29.7 Å². The van der Waals surface area contributed by atoms with E-state index < -0.39 is 40.8 Å². The van der Waals surface area contributed by atoms with Crippen molar-refractivity contribution >= 4 is 29.8 Å². The van der Waals surface area contributed by atoms with Gasteiger partial charge in [-0.05, 0) is 6.42 Å². The first-order valence-corrected chi connectivity index (χ1v) is 10.5. The summed E-state index contributed by atoms with van der Waals surface area (Å²) in [4.78, 5) is 0. The van der Waals surface area contributed by atoms with Crippen LogP contribution >= 0.6 is 0 Å². The summed E-state index contributed by atoms with van der Waals surface area (Å²) < 4.78 is 70.8. The summed E-state index contributed by atoms with van der Waals surface area (Å²) in [6, 6.07) is 0.670. The zero-order chi connectivity index (χ0) is 15.1. The Bertz CT molecular complexity index is 441. The Morgan fingerprint density at radius 1 is 1.11 bits per heavy atom. The lowest BCUT2D eigenvalue weighted by molar-refractivity contribution is -0.0441. The van der Waals surface area contributed by atoms with Crippen LogP contribution in [0.15, 0.2) is 0 Å². The normalized spacial score (nSPS) is 15.4. The van der Waals surface area contributed by atoms with Gasteiger partial charge in [-0.25, -0.2) is 0 Å². The van der Waals surface area contributed by atoms with E-state index in [2.05, 4.69) is 0 Å². The number of rotatable bonds is 10. The maximum Gasteiger partial charge on any atom is 0.268 e. The van der Waals surface area contributed by atoms with Gasteiger partial charge in [-0.2, -0.15) is 16.8 Å². The number of ether oxygens (including phenoxy) is 2. The molecule has 0 aliphatic rings. The number of hydrogen-bond donors (Lipinski definition) is 2. The third-order valence-electron chi connectivity index (χ3n) is 2.56. The minimum atomic E-state index is -4.50. The van der Waals surface area contributed by atoms with E-state index in [9.17, 15) is 16.8 Å². The summed E-state index contributed by atoms with van der Waals surface area (Å²) in [5.41, 5.74) is 0. The quantitative estimate of drug-likeness (QED) is 0.227. The van der Waals surface area contributed by atoms with Gasteiger partial charge in [0.2, 0.25) is 0 Å². The predicted octanol–water partition coefficient (Wildman–Crippen LogP) is -0.926. The van der Waals surface area contributed by atoms with E-state index in [1.165, 1.54) is 14.2 Å². The Morgan fingerprint density at radius 2 is 1.63 bits per heavy atom. The Hall–Kier alpha value is -0.0431. The molecule has 0 radical (unpaired) electrons. The van der Waals surface area contributed by atoms with Crippen LogP contribution in [0.5, 0.6) is 0 Å². The first-order chi connectivity index (χ1) is 8.60. The average molecular weight is 336 g/mol. The highest BCUT2D eigenvalue weighted by Gasteiger charge is 2.27. The molecular formula is C8H20O8S2Si. The maximum absolute atomic E-state index is 11.0. The lowest BCUT2D eigenvalue weighted by atomic mass is 10.3. The molecule has 0 saturated heterocycles. The number of methoxy groups -OCH3 is 2. The molecule has 0 heterocycles. The van der Waals surface area contributed by atoms with E-state index in [-0.39, 0.29) is 12.3 Å². The van der Waals surface area contributed by atoms with Crippen LogP contribution in [0.1, 0.15) is 12.8 Å². The highest BCUT2D eigenvalue weighted by atomic mass is 32.2. The van der Waals surface area contributed by atoms with Gasteiger partial charge in [0.1, 0.15) is 11.2 Å². The van der Waals surface area contributed by atoms with Crippen molar-refractivity contribution in [2.45, 2.75) is 30.0 Å². The molecule has 0 fully saturated rings. The van der Waals surface area contributed by atoms with Crippen molar-refractivity contribution in [1.29, 1.82) is 0 Å². The fourth-order valence-electron chi connectivity index (χ4n) is 1.57. The van der Waals surface area contributed by atoms with Crippen molar-refractivity contribution in [2.75, 3.05) is 20.0 Å². The molecule has 0 aliphatic heterocycles. The van der Waals surface area contributed by atoms with Gasteiger partial charge in [0.05, 0.1) is 15.3 Å². The van der Waals surface area contributed by atoms with Crippen molar-refractivity contribution < 1.29 is 35.4 Å². The highest BCUT2D eigenvalue weighted by Crippen LogP contribution is 2.12. The second-order valence-corrected chi connectivity index (χ2v) is 9.22. The summed E-state index contributed by atoms with van der Waals surface area (Å²) in [5.74, 6) is -1.27. The van der Waals surface area contributed by atoms with Gasteiger partial charge >= 0.3 is 0 Å². The van der Waals surface area contributed by atoms with Crippen LogP contribution in [0.2, 0.25) is 6.04 Å². The SMILES string of the molecule is COC(OC)[SiH2]CCCC(CS(=O)(=O)O)S(=O)(=O)O. The van der Waals surface area contributed by atoms with Gasteiger partial charge in [-0.1, -0.05) is 12.5 Å². The molecule has 0 spiro atoms. The van der Waals surface area contributed by atoms with Crippen molar-refractivity contribution in [2.24, 2.45) is 0 Å². The second-order valence-electron chi connectivity index (χ2n) is 4.07. The zero-order valence-corrected chi connectivity index (χ0v) is 13.9. The maximum atomic E-state index is 11.0. The molecule has 0 bridgehead atoms. The molecule has 0 aromatic rings. The summed E-state index contributed by atoms with van der Waals surface area (Å²) in [6.07, 6.45) is 0.376. The van der Waals surface area contributed by atoms with E-state index in [1.54, 1.807) is 0 Å². The molecule has 1 unspecified atom stereocenters.